The number of nitrogens with zero attached hydrogens (tertiary/aromatic N) is 1. The molecule has 1 heterocycles. The summed E-state index contributed by atoms with van der Waals surface area (Å²) in [7, 11) is 0. The van der Waals surface area contributed by atoms with Crippen molar-refractivity contribution in [1.82, 2.24) is 0 Å². The Morgan fingerprint density at radius 1 is 1.56 bits per heavy atom. The normalized spacial score (nSPS) is 20.0. The first kappa shape index (κ1) is 12.7. The van der Waals surface area contributed by atoms with Crippen molar-refractivity contribution in [1.29, 1.82) is 0 Å². The Labute approximate surface area is 106 Å². The predicted octanol–water partition coefficient (Wildman–Crippen LogP) is 0.580. The lowest BCUT2D eigenvalue weighted by Gasteiger charge is -2.32. The summed E-state index contributed by atoms with van der Waals surface area (Å²) >= 11 is 0. The molecule has 2 N–H and O–H groups in total. The van der Waals surface area contributed by atoms with Crippen LogP contribution in [0, 0.1) is 0 Å². The molecule has 1 aromatic rings. The van der Waals surface area contributed by atoms with E-state index in [-0.39, 0.29) is 24.4 Å². The maximum atomic E-state index is 11.8. The van der Waals surface area contributed by atoms with E-state index in [9.17, 15) is 9.59 Å². The van der Waals surface area contributed by atoms with Crippen molar-refractivity contribution in [3.05, 3.63) is 29.8 Å². The molecule has 0 aromatic heterocycles. The van der Waals surface area contributed by atoms with Gasteiger partial charge in [-0.1, -0.05) is 12.1 Å². The number of morpholine rings is 1. The van der Waals surface area contributed by atoms with Gasteiger partial charge in [-0.2, -0.15) is 0 Å². The lowest BCUT2D eigenvalue weighted by Crippen LogP contribution is -2.49. The van der Waals surface area contributed by atoms with Gasteiger partial charge < -0.3 is 15.4 Å². The minimum absolute atomic E-state index is 0.0204. The molecule has 96 valence electrons. The summed E-state index contributed by atoms with van der Waals surface area (Å²) in [5.74, 6) is -0.131. The van der Waals surface area contributed by atoms with Gasteiger partial charge in [0, 0.05) is 17.8 Å². The summed E-state index contributed by atoms with van der Waals surface area (Å²) in [6, 6.07) is 7.03. The third-order valence-electron chi connectivity index (χ3n) is 2.96. The molecule has 1 saturated heterocycles. The molecule has 1 amide bonds. The van der Waals surface area contributed by atoms with Gasteiger partial charge >= 0.3 is 0 Å². The van der Waals surface area contributed by atoms with Gasteiger partial charge in [0.2, 0.25) is 0 Å². The maximum absolute atomic E-state index is 11.8. The van der Waals surface area contributed by atoms with E-state index in [0.717, 1.165) is 5.69 Å². The first-order chi connectivity index (χ1) is 8.61. The monoisotopic (exact) mass is 248 g/mol. The molecule has 1 atom stereocenters. The molecule has 1 aromatic carbocycles. The smallest absolute Gasteiger partial charge is 0.253 e. The van der Waals surface area contributed by atoms with Crippen molar-refractivity contribution >= 4 is 17.4 Å². The highest BCUT2D eigenvalue weighted by Crippen LogP contribution is 2.20. The zero-order valence-electron chi connectivity index (χ0n) is 10.3. The first-order valence-electron chi connectivity index (χ1n) is 5.85. The van der Waals surface area contributed by atoms with Crippen LogP contribution < -0.4 is 10.6 Å². The van der Waals surface area contributed by atoms with Crippen LogP contribution in [0.1, 0.15) is 17.3 Å². The fourth-order valence-electron chi connectivity index (χ4n) is 1.91. The van der Waals surface area contributed by atoms with Gasteiger partial charge in [0.1, 0.15) is 6.61 Å². The van der Waals surface area contributed by atoms with Crippen molar-refractivity contribution in [3.63, 3.8) is 0 Å². The minimum Gasteiger partial charge on any atom is -0.365 e. The molecule has 0 saturated carbocycles. The Bertz CT molecular complexity index is 473. The van der Waals surface area contributed by atoms with Gasteiger partial charge in [-0.25, -0.2) is 0 Å². The highest BCUT2D eigenvalue weighted by molar-refractivity contribution is 5.98. The van der Waals surface area contributed by atoms with Crippen LogP contribution >= 0.6 is 0 Å². The highest BCUT2D eigenvalue weighted by atomic mass is 16.5. The van der Waals surface area contributed by atoms with Gasteiger partial charge in [0.15, 0.2) is 5.78 Å². The van der Waals surface area contributed by atoms with Crippen molar-refractivity contribution in [2.45, 2.75) is 13.0 Å². The van der Waals surface area contributed by atoms with Crippen LogP contribution in [-0.2, 0) is 9.53 Å². The number of hydrogen-bond donors (Lipinski definition) is 1. The van der Waals surface area contributed by atoms with Crippen LogP contribution in [0.5, 0.6) is 0 Å². The standard InChI is InChI=1S/C13H16N2O3/c1-9(16)10-3-2-4-11(5-10)15-7-12(6-14)18-8-13(15)17/h2-5,12H,6-8,14H2,1H3. The van der Waals surface area contributed by atoms with E-state index in [0.29, 0.717) is 18.7 Å². The summed E-state index contributed by atoms with van der Waals surface area (Å²) in [6.45, 7) is 2.34. The van der Waals surface area contributed by atoms with Crippen LogP contribution in [0.4, 0.5) is 5.69 Å². The third kappa shape index (κ3) is 2.57. The average molecular weight is 248 g/mol. The number of hydrogen-bond acceptors (Lipinski definition) is 4. The number of carbonyl (C=O) groups is 2. The number of ether oxygens (including phenoxy) is 1. The van der Waals surface area contributed by atoms with Gasteiger partial charge in [0.25, 0.3) is 5.91 Å². The summed E-state index contributed by atoms with van der Waals surface area (Å²) in [5, 5.41) is 0. The Morgan fingerprint density at radius 2 is 2.33 bits per heavy atom. The second kappa shape index (κ2) is 5.29. The van der Waals surface area contributed by atoms with Crippen molar-refractivity contribution in [2.75, 3.05) is 24.6 Å². The summed E-state index contributed by atoms with van der Waals surface area (Å²) < 4.78 is 5.29. The molecule has 0 bridgehead atoms. The van der Waals surface area contributed by atoms with Gasteiger partial charge in [0.05, 0.1) is 12.6 Å². The largest absolute Gasteiger partial charge is 0.365 e. The van der Waals surface area contributed by atoms with Gasteiger partial charge in [-0.15, -0.1) is 0 Å². The van der Waals surface area contributed by atoms with E-state index < -0.39 is 0 Å². The number of benzene rings is 1. The zero-order valence-corrected chi connectivity index (χ0v) is 10.3. The van der Waals surface area contributed by atoms with Crippen molar-refractivity contribution < 1.29 is 14.3 Å². The second-order valence-corrected chi connectivity index (χ2v) is 4.28. The second-order valence-electron chi connectivity index (χ2n) is 4.28. The fraction of sp³-hybridized carbons (Fsp3) is 0.385. The van der Waals surface area contributed by atoms with E-state index in [1.165, 1.54) is 6.92 Å². The van der Waals surface area contributed by atoms with E-state index >= 15 is 0 Å². The topological polar surface area (TPSA) is 72.6 Å². The molecule has 0 spiro atoms. The number of anilines is 1. The van der Waals surface area contributed by atoms with Gasteiger partial charge in [-0.3, -0.25) is 9.59 Å². The van der Waals surface area contributed by atoms with Gasteiger partial charge in [-0.05, 0) is 19.1 Å². The molecule has 1 aliphatic rings. The molecule has 0 radical (unpaired) electrons. The number of carbonyl (C=O) groups excluding carboxylic acids is 2. The zero-order chi connectivity index (χ0) is 13.1. The van der Waals surface area contributed by atoms with E-state index in [4.69, 9.17) is 10.5 Å². The van der Waals surface area contributed by atoms with Crippen LogP contribution in [0.15, 0.2) is 24.3 Å². The van der Waals surface area contributed by atoms with E-state index in [2.05, 4.69) is 0 Å². The molecule has 18 heavy (non-hydrogen) atoms. The summed E-state index contributed by atoms with van der Waals surface area (Å²) in [6.07, 6.45) is -0.149. The van der Waals surface area contributed by atoms with E-state index in [1.54, 1.807) is 23.1 Å². The molecule has 1 fully saturated rings. The highest BCUT2D eigenvalue weighted by Gasteiger charge is 2.26. The lowest BCUT2D eigenvalue weighted by molar-refractivity contribution is -0.128. The molecule has 1 unspecified atom stereocenters. The van der Waals surface area contributed by atoms with Crippen molar-refractivity contribution in [2.24, 2.45) is 5.73 Å². The number of amides is 1. The average Bonchev–Trinajstić information content (AvgIpc) is 2.39. The summed E-state index contributed by atoms with van der Waals surface area (Å²) in [4.78, 5) is 24.8. The Hall–Kier alpha value is -1.72. The molecule has 1 aliphatic heterocycles. The maximum Gasteiger partial charge on any atom is 0.253 e. The molecule has 5 heteroatoms. The molecular formula is C13H16N2O3. The van der Waals surface area contributed by atoms with Crippen LogP contribution in [-0.4, -0.2) is 37.5 Å². The molecular weight excluding hydrogens is 232 g/mol. The molecule has 2 rings (SSSR count). The Morgan fingerprint density at radius 3 is 3.00 bits per heavy atom. The Balaban J connectivity index is 2.26. The molecule has 5 nitrogen and oxygen atoms in total. The summed E-state index contributed by atoms with van der Waals surface area (Å²) in [5.41, 5.74) is 6.86. The fourth-order valence-corrected chi connectivity index (χ4v) is 1.91. The SMILES string of the molecule is CC(=O)c1cccc(N2CC(CN)OCC2=O)c1. The van der Waals surface area contributed by atoms with Crippen LogP contribution in [0.3, 0.4) is 0 Å². The molecule has 0 aliphatic carbocycles. The first-order valence-corrected chi connectivity index (χ1v) is 5.85. The predicted molar refractivity (Wildman–Crippen MR) is 67.6 cm³/mol. The minimum atomic E-state index is -0.149. The van der Waals surface area contributed by atoms with E-state index in [1.807, 2.05) is 6.07 Å². The number of Topliss-reactive ketones (excluding diaryl/α,β-unsaturated/α-hetero) is 1. The van der Waals surface area contributed by atoms with Crippen molar-refractivity contribution in [3.8, 4) is 0 Å². The number of rotatable bonds is 3. The van der Waals surface area contributed by atoms with Crippen LogP contribution in [0.25, 0.3) is 0 Å². The quantitative estimate of drug-likeness (QED) is 0.794. The number of ketones is 1. The third-order valence-corrected chi connectivity index (χ3v) is 2.96. The lowest BCUT2D eigenvalue weighted by atomic mass is 10.1. The number of nitrogens with two attached hydrogens (primary N) is 1. The van der Waals surface area contributed by atoms with Crippen LogP contribution in [0.2, 0.25) is 0 Å². The Kier molecular flexibility index (Phi) is 3.74.